The zero-order valence-corrected chi connectivity index (χ0v) is 17.2. The zero-order chi connectivity index (χ0) is 20.9. The summed E-state index contributed by atoms with van der Waals surface area (Å²) in [4.78, 5) is 12.8. The van der Waals surface area contributed by atoms with Crippen LogP contribution in [0.5, 0.6) is 0 Å². The molecule has 0 aliphatic carbocycles. The third-order valence-electron chi connectivity index (χ3n) is 4.65. The number of carbonyl (C=O) groups is 1. The van der Waals surface area contributed by atoms with Gasteiger partial charge in [0.05, 0.1) is 10.9 Å². The summed E-state index contributed by atoms with van der Waals surface area (Å²) in [7, 11) is -3.67. The number of nitrogens with one attached hydrogen (secondary N) is 2. The molecule has 0 saturated carbocycles. The average molecular weight is 409 g/mol. The van der Waals surface area contributed by atoms with Crippen molar-refractivity contribution in [3.8, 4) is 0 Å². The molecule has 3 aromatic rings. The summed E-state index contributed by atoms with van der Waals surface area (Å²) in [5, 5.41) is 3.02. The first-order chi connectivity index (χ1) is 13.9. The Hall–Kier alpha value is -3.12. The molecule has 3 aromatic carbocycles. The maximum Gasteiger partial charge on any atom is 0.261 e. The Labute approximate surface area is 171 Å². The van der Waals surface area contributed by atoms with E-state index >= 15 is 0 Å². The monoisotopic (exact) mass is 408 g/mol. The Morgan fingerprint density at radius 1 is 0.897 bits per heavy atom. The molecule has 2 N–H and O–H groups in total. The molecule has 29 heavy (non-hydrogen) atoms. The van der Waals surface area contributed by atoms with Crippen LogP contribution in [0.4, 0.5) is 5.69 Å². The van der Waals surface area contributed by atoms with Gasteiger partial charge in [0.1, 0.15) is 0 Å². The van der Waals surface area contributed by atoms with Gasteiger partial charge in [-0.25, -0.2) is 8.42 Å². The number of anilines is 1. The van der Waals surface area contributed by atoms with Gasteiger partial charge in [-0.2, -0.15) is 0 Å². The summed E-state index contributed by atoms with van der Waals surface area (Å²) >= 11 is 0. The quantitative estimate of drug-likeness (QED) is 0.596. The Kier molecular flexibility index (Phi) is 6.34. The second-order valence-electron chi connectivity index (χ2n) is 6.84. The Morgan fingerprint density at radius 2 is 1.52 bits per heavy atom. The van der Waals surface area contributed by atoms with Gasteiger partial charge in [0.25, 0.3) is 15.9 Å². The van der Waals surface area contributed by atoms with Crippen LogP contribution < -0.4 is 10.0 Å². The van der Waals surface area contributed by atoms with E-state index in [-0.39, 0.29) is 16.8 Å². The van der Waals surface area contributed by atoms with Crippen molar-refractivity contribution in [2.45, 2.75) is 31.2 Å². The lowest BCUT2D eigenvalue weighted by Gasteiger charge is -2.17. The van der Waals surface area contributed by atoms with Crippen molar-refractivity contribution >= 4 is 21.6 Å². The maximum absolute atomic E-state index is 12.6. The van der Waals surface area contributed by atoms with Gasteiger partial charge in [-0.1, -0.05) is 55.0 Å². The molecule has 0 saturated heterocycles. The fourth-order valence-corrected chi connectivity index (χ4v) is 4.03. The molecule has 0 spiro atoms. The molecule has 0 heterocycles. The summed E-state index contributed by atoms with van der Waals surface area (Å²) < 4.78 is 27.5. The number of hydrogen-bond donors (Lipinski definition) is 2. The van der Waals surface area contributed by atoms with E-state index in [0.29, 0.717) is 11.3 Å². The van der Waals surface area contributed by atoms with E-state index in [2.05, 4.69) is 10.0 Å². The molecular weight excluding hydrogens is 384 g/mol. The third-order valence-corrected chi connectivity index (χ3v) is 6.04. The van der Waals surface area contributed by atoms with Gasteiger partial charge in [0, 0.05) is 11.3 Å². The number of rotatable bonds is 7. The summed E-state index contributed by atoms with van der Waals surface area (Å²) in [6, 6.07) is 22.7. The smallest absolute Gasteiger partial charge is 0.261 e. The van der Waals surface area contributed by atoms with Gasteiger partial charge >= 0.3 is 0 Å². The summed E-state index contributed by atoms with van der Waals surface area (Å²) in [5.74, 6) is -0.200. The number of amides is 1. The maximum atomic E-state index is 12.6. The molecule has 0 aromatic heterocycles. The van der Waals surface area contributed by atoms with Crippen LogP contribution in [0.1, 0.15) is 40.9 Å². The first kappa shape index (κ1) is 20.6. The van der Waals surface area contributed by atoms with Gasteiger partial charge in [0.15, 0.2) is 0 Å². The number of benzene rings is 3. The average Bonchev–Trinajstić information content (AvgIpc) is 2.73. The van der Waals surface area contributed by atoms with Crippen LogP contribution in [-0.2, 0) is 10.0 Å². The first-order valence-electron chi connectivity index (χ1n) is 9.44. The van der Waals surface area contributed by atoms with E-state index in [4.69, 9.17) is 0 Å². The fraction of sp³-hybridized carbons (Fsp3) is 0.174. The van der Waals surface area contributed by atoms with E-state index in [0.717, 1.165) is 17.5 Å². The van der Waals surface area contributed by atoms with Crippen molar-refractivity contribution in [2.24, 2.45) is 0 Å². The second-order valence-corrected chi connectivity index (χ2v) is 8.52. The number of carbonyl (C=O) groups excluding carboxylic acids is 1. The molecule has 0 fully saturated rings. The highest BCUT2D eigenvalue weighted by Gasteiger charge is 2.16. The molecule has 5 nitrogen and oxygen atoms in total. The molecule has 0 radical (unpaired) electrons. The molecule has 3 rings (SSSR count). The van der Waals surface area contributed by atoms with Crippen molar-refractivity contribution < 1.29 is 13.2 Å². The van der Waals surface area contributed by atoms with Crippen LogP contribution in [0.15, 0.2) is 83.8 Å². The van der Waals surface area contributed by atoms with Crippen LogP contribution in [-0.4, -0.2) is 14.3 Å². The molecule has 0 unspecified atom stereocenters. The molecular formula is C23H24N2O3S. The number of aryl methyl sites for hydroxylation is 1. The number of hydrogen-bond acceptors (Lipinski definition) is 3. The van der Waals surface area contributed by atoms with Gasteiger partial charge < -0.3 is 5.32 Å². The highest BCUT2D eigenvalue weighted by Crippen LogP contribution is 2.19. The topological polar surface area (TPSA) is 75.3 Å². The fourth-order valence-electron chi connectivity index (χ4n) is 2.97. The summed E-state index contributed by atoms with van der Waals surface area (Å²) in [6.07, 6.45) is 0.768. The molecule has 1 atom stereocenters. The predicted molar refractivity (Wildman–Crippen MR) is 115 cm³/mol. The van der Waals surface area contributed by atoms with Crippen molar-refractivity contribution in [3.63, 3.8) is 0 Å². The van der Waals surface area contributed by atoms with Crippen LogP contribution in [0.25, 0.3) is 0 Å². The Balaban J connectivity index is 1.69. The molecule has 0 bridgehead atoms. The second kappa shape index (κ2) is 8.92. The van der Waals surface area contributed by atoms with E-state index in [9.17, 15) is 13.2 Å². The minimum atomic E-state index is -3.67. The molecule has 1 amide bonds. The highest BCUT2D eigenvalue weighted by molar-refractivity contribution is 7.92. The minimum Gasteiger partial charge on any atom is -0.345 e. The van der Waals surface area contributed by atoms with Crippen molar-refractivity contribution in [1.82, 2.24) is 5.32 Å². The van der Waals surface area contributed by atoms with Gasteiger partial charge in [-0.3, -0.25) is 9.52 Å². The zero-order valence-electron chi connectivity index (χ0n) is 16.4. The summed E-state index contributed by atoms with van der Waals surface area (Å²) in [5.41, 5.74) is 2.90. The largest absolute Gasteiger partial charge is 0.345 e. The van der Waals surface area contributed by atoms with Crippen LogP contribution in [0.2, 0.25) is 0 Å². The van der Waals surface area contributed by atoms with Crippen LogP contribution in [0.3, 0.4) is 0 Å². The van der Waals surface area contributed by atoms with E-state index in [1.807, 2.05) is 44.2 Å². The van der Waals surface area contributed by atoms with Crippen molar-refractivity contribution in [3.05, 3.63) is 95.6 Å². The third kappa shape index (κ3) is 5.23. The van der Waals surface area contributed by atoms with Crippen LogP contribution >= 0.6 is 0 Å². The lowest BCUT2D eigenvalue weighted by Crippen LogP contribution is -2.28. The van der Waals surface area contributed by atoms with Gasteiger partial charge in [0.2, 0.25) is 0 Å². The lowest BCUT2D eigenvalue weighted by atomic mass is 10.0. The predicted octanol–water partition coefficient (Wildman–Crippen LogP) is 4.68. The van der Waals surface area contributed by atoms with Crippen LogP contribution in [0, 0.1) is 6.92 Å². The van der Waals surface area contributed by atoms with Gasteiger partial charge in [-0.05, 0) is 55.3 Å². The normalized spacial score (nSPS) is 12.2. The first-order valence-corrected chi connectivity index (χ1v) is 10.9. The Bertz CT molecular complexity index is 1060. The molecule has 150 valence electrons. The minimum absolute atomic E-state index is 0.0802. The Morgan fingerprint density at radius 3 is 2.10 bits per heavy atom. The molecule has 0 aliphatic rings. The highest BCUT2D eigenvalue weighted by atomic mass is 32.2. The van der Waals surface area contributed by atoms with E-state index in [1.165, 1.54) is 0 Å². The van der Waals surface area contributed by atoms with Crippen molar-refractivity contribution in [2.75, 3.05) is 4.72 Å². The lowest BCUT2D eigenvalue weighted by molar-refractivity contribution is 0.0935. The SMILES string of the molecule is CC[C@H](NC(=O)c1ccc(NS(=O)(=O)c2ccc(C)cc2)cc1)c1ccccc1. The van der Waals surface area contributed by atoms with Crippen molar-refractivity contribution in [1.29, 1.82) is 0 Å². The summed E-state index contributed by atoms with van der Waals surface area (Å²) in [6.45, 7) is 3.91. The number of sulfonamides is 1. The van der Waals surface area contributed by atoms with Gasteiger partial charge in [-0.15, -0.1) is 0 Å². The molecule has 0 aliphatic heterocycles. The van der Waals surface area contributed by atoms with E-state index in [1.54, 1.807) is 48.5 Å². The standard InChI is InChI=1S/C23H24N2O3S/c1-3-22(18-7-5-4-6-8-18)24-23(26)19-11-13-20(14-12-19)25-29(27,28)21-15-9-17(2)10-16-21/h4-16,22,25H,3H2,1-2H3,(H,24,26)/t22-/m0/s1. The van der Waals surface area contributed by atoms with E-state index < -0.39 is 10.0 Å². The molecule has 6 heteroatoms.